The van der Waals surface area contributed by atoms with Crippen LogP contribution >= 0.6 is 22.6 Å². The highest BCUT2D eigenvalue weighted by molar-refractivity contribution is 14.1. The summed E-state index contributed by atoms with van der Waals surface area (Å²) in [5.41, 5.74) is 0. The number of hydroxylamine groups is 2. The monoisotopic (exact) mass is 371 g/mol. The Labute approximate surface area is 124 Å². The van der Waals surface area contributed by atoms with Gasteiger partial charge in [0.1, 0.15) is 6.17 Å². The Kier molecular flexibility index (Phi) is 9.98. The Balaban J connectivity index is 3.97. The van der Waals surface area contributed by atoms with Gasteiger partial charge in [0, 0.05) is 41.6 Å². The van der Waals surface area contributed by atoms with Gasteiger partial charge in [-0.2, -0.15) is 0 Å². The minimum absolute atomic E-state index is 0.0253. The zero-order chi connectivity index (χ0) is 14.1. The minimum Gasteiger partial charge on any atom is -0.633 e. The molecule has 0 bridgehead atoms. The maximum Gasteiger partial charge on any atom is 0.280 e. The third-order valence-corrected chi connectivity index (χ3v) is 3.01. The zero-order valence-corrected chi connectivity index (χ0v) is 13.9. The summed E-state index contributed by atoms with van der Waals surface area (Å²) in [6.07, 6.45) is 2.64. The summed E-state index contributed by atoms with van der Waals surface area (Å²) >= 11 is 1.73. The number of hydrogen-bond acceptors (Lipinski definition) is 3. The van der Waals surface area contributed by atoms with Gasteiger partial charge in [-0.05, 0) is 40.5 Å². The van der Waals surface area contributed by atoms with E-state index in [2.05, 4.69) is 24.5 Å². The van der Waals surface area contributed by atoms with Crippen LogP contribution in [0, 0.1) is 5.21 Å². The highest BCUT2D eigenvalue weighted by Gasteiger charge is 2.18. The van der Waals surface area contributed by atoms with Gasteiger partial charge >= 0.3 is 0 Å². The van der Waals surface area contributed by atoms with Gasteiger partial charge in [-0.1, -0.05) is 0 Å². The van der Waals surface area contributed by atoms with E-state index in [-0.39, 0.29) is 21.2 Å². The maximum atomic E-state index is 12.0. The third kappa shape index (κ3) is 9.07. The third-order valence-electron chi connectivity index (χ3n) is 2.63. The Morgan fingerprint density at radius 1 is 1.28 bits per heavy atom. The van der Waals surface area contributed by atoms with Crippen LogP contribution in [0.1, 0.15) is 47.0 Å². The predicted molar refractivity (Wildman–Crippen MR) is 82.8 cm³/mol. The van der Waals surface area contributed by atoms with E-state index in [4.69, 9.17) is 0 Å². The largest absolute Gasteiger partial charge is 0.633 e. The molecule has 6 heteroatoms. The number of hydrogen-bond donors (Lipinski definition) is 3. The van der Waals surface area contributed by atoms with E-state index < -0.39 is 0 Å². The molecule has 0 radical (unpaired) electrons. The molecule has 0 aliphatic rings. The van der Waals surface area contributed by atoms with Crippen LogP contribution < -0.4 is 15.7 Å². The van der Waals surface area contributed by atoms with Crippen molar-refractivity contribution in [1.29, 1.82) is 0 Å². The SMILES string of the molecule is CC(C)NC(CCCCNC(=O)I)[NH+]([O-])C(C)C. The van der Waals surface area contributed by atoms with Gasteiger partial charge < -0.3 is 15.6 Å². The molecular weight excluding hydrogens is 345 g/mol. The second-order valence-electron chi connectivity index (χ2n) is 5.13. The Morgan fingerprint density at radius 2 is 1.89 bits per heavy atom. The first-order valence-electron chi connectivity index (χ1n) is 6.57. The first kappa shape index (κ1) is 18.1. The second-order valence-corrected chi connectivity index (χ2v) is 6.11. The van der Waals surface area contributed by atoms with Crippen molar-refractivity contribution in [3.05, 3.63) is 5.21 Å². The number of quaternary nitrogens is 1. The van der Waals surface area contributed by atoms with E-state index in [1.807, 2.05) is 13.8 Å². The molecule has 0 saturated heterocycles. The summed E-state index contributed by atoms with van der Waals surface area (Å²) in [4.78, 5) is 10.7. The molecule has 0 heterocycles. The van der Waals surface area contributed by atoms with Gasteiger partial charge in [-0.3, -0.25) is 10.1 Å². The van der Waals surface area contributed by atoms with Crippen molar-refractivity contribution in [3.8, 4) is 0 Å². The first-order chi connectivity index (χ1) is 8.34. The molecule has 2 atom stereocenters. The number of rotatable bonds is 9. The number of unbranched alkanes of at least 4 members (excludes halogenated alkanes) is 1. The van der Waals surface area contributed by atoms with E-state index in [1.165, 1.54) is 0 Å². The van der Waals surface area contributed by atoms with Crippen LogP contribution in [-0.4, -0.2) is 28.7 Å². The smallest absolute Gasteiger partial charge is 0.280 e. The fourth-order valence-corrected chi connectivity index (χ4v) is 2.04. The van der Waals surface area contributed by atoms with Gasteiger partial charge in [0.2, 0.25) is 0 Å². The van der Waals surface area contributed by atoms with Crippen LogP contribution in [-0.2, 0) is 0 Å². The van der Waals surface area contributed by atoms with Gasteiger partial charge in [-0.15, -0.1) is 0 Å². The van der Waals surface area contributed by atoms with Gasteiger partial charge in [0.05, 0.1) is 6.04 Å². The molecule has 3 N–H and O–H groups in total. The van der Waals surface area contributed by atoms with Crippen molar-refractivity contribution < 1.29 is 9.86 Å². The van der Waals surface area contributed by atoms with E-state index in [0.717, 1.165) is 19.3 Å². The summed E-state index contributed by atoms with van der Waals surface area (Å²) in [5, 5.41) is 18.4. The van der Waals surface area contributed by atoms with E-state index in [1.54, 1.807) is 22.6 Å². The minimum atomic E-state index is -0.0553. The summed E-state index contributed by atoms with van der Waals surface area (Å²) in [7, 11) is 0. The molecule has 18 heavy (non-hydrogen) atoms. The molecule has 0 aliphatic heterocycles. The molecule has 0 rings (SSSR count). The van der Waals surface area contributed by atoms with Crippen LogP contribution in [0.2, 0.25) is 0 Å². The molecule has 0 aromatic carbocycles. The number of amides is 1. The molecule has 0 fully saturated rings. The number of carbonyl (C=O) groups is 1. The standard InChI is InChI=1S/C12H26IN3O2/c1-9(2)15-11(16(18)10(3)4)7-5-6-8-14-12(13)17/h9-11,15-16H,5-8H2,1-4H3,(H,14,17). The van der Waals surface area contributed by atoms with E-state index in [0.29, 0.717) is 12.6 Å². The molecule has 0 saturated carbocycles. The van der Waals surface area contributed by atoms with Gasteiger partial charge in [0.25, 0.3) is 3.91 Å². The van der Waals surface area contributed by atoms with Gasteiger partial charge in [-0.25, -0.2) is 0 Å². The highest BCUT2D eigenvalue weighted by atomic mass is 127. The second kappa shape index (κ2) is 9.94. The lowest BCUT2D eigenvalue weighted by Crippen LogP contribution is -3.16. The van der Waals surface area contributed by atoms with Crippen molar-refractivity contribution in [1.82, 2.24) is 10.6 Å². The molecule has 2 unspecified atom stereocenters. The summed E-state index contributed by atoms with van der Waals surface area (Å²) in [6.45, 7) is 8.67. The highest BCUT2D eigenvalue weighted by Crippen LogP contribution is 1.98. The van der Waals surface area contributed by atoms with Crippen LogP contribution in [0.3, 0.4) is 0 Å². The van der Waals surface area contributed by atoms with Crippen molar-refractivity contribution in [2.75, 3.05) is 6.54 Å². The van der Waals surface area contributed by atoms with Crippen LogP contribution in [0.15, 0.2) is 0 Å². The first-order valence-corrected chi connectivity index (χ1v) is 7.65. The van der Waals surface area contributed by atoms with Crippen molar-refractivity contribution in [3.63, 3.8) is 0 Å². The normalized spacial score (nSPS) is 14.9. The Morgan fingerprint density at radius 3 is 2.33 bits per heavy atom. The van der Waals surface area contributed by atoms with Crippen LogP contribution in [0.25, 0.3) is 0 Å². The molecule has 5 nitrogen and oxygen atoms in total. The molecule has 0 aromatic heterocycles. The van der Waals surface area contributed by atoms with E-state index in [9.17, 15) is 10.0 Å². The average Bonchev–Trinajstić information content (AvgIpc) is 2.24. The molecule has 0 aliphatic carbocycles. The zero-order valence-electron chi connectivity index (χ0n) is 11.8. The number of nitrogens with one attached hydrogen (secondary N) is 3. The fraction of sp³-hybridized carbons (Fsp3) is 0.917. The van der Waals surface area contributed by atoms with Crippen molar-refractivity contribution >= 4 is 26.5 Å². The summed E-state index contributed by atoms with van der Waals surface area (Å²) in [5.74, 6) is 0. The van der Waals surface area contributed by atoms with Gasteiger partial charge in [0.15, 0.2) is 0 Å². The molecular formula is C12H26IN3O2. The lowest BCUT2D eigenvalue weighted by Gasteiger charge is -2.36. The topological polar surface area (TPSA) is 68.6 Å². The summed E-state index contributed by atoms with van der Waals surface area (Å²) < 4.78 is -0.0253. The van der Waals surface area contributed by atoms with Crippen molar-refractivity contribution in [2.24, 2.45) is 0 Å². The Hall–Kier alpha value is 0.0800. The molecule has 108 valence electrons. The van der Waals surface area contributed by atoms with Crippen molar-refractivity contribution in [2.45, 2.75) is 65.2 Å². The van der Waals surface area contributed by atoms with E-state index >= 15 is 0 Å². The molecule has 0 aromatic rings. The Bertz CT molecular complexity index is 237. The fourth-order valence-electron chi connectivity index (χ4n) is 1.77. The lowest BCUT2D eigenvalue weighted by molar-refractivity contribution is -0.901. The van der Waals surface area contributed by atoms with Crippen LogP contribution in [0.4, 0.5) is 4.79 Å². The van der Waals surface area contributed by atoms with Crippen LogP contribution in [0.5, 0.6) is 0 Å². The maximum absolute atomic E-state index is 12.0. The average molecular weight is 371 g/mol. The quantitative estimate of drug-likeness (QED) is 0.143. The number of halogens is 1. The molecule has 1 amide bonds. The molecule has 0 spiro atoms. The number of carbonyl (C=O) groups excluding carboxylic acids is 1. The summed E-state index contributed by atoms with van der Waals surface area (Å²) in [6, 6.07) is 0.377. The lowest BCUT2D eigenvalue weighted by atomic mass is 10.1. The predicted octanol–water partition coefficient (Wildman–Crippen LogP) is 1.42.